The van der Waals surface area contributed by atoms with Gasteiger partial charge in [0, 0.05) is 11.1 Å². The summed E-state index contributed by atoms with van der Waals surface area (Å²) >= 11 is 0. The van der Waals surface area contributed by atoms with Gasteiger partial charge in [0.05, 0.1) is 23.0 Å². The van der Waals surface area contributed by atoms with Crippen molar-refractivity contribution in [3.63, 3.8) is 0 Å². The van der Waals surface area contributed by atoms with E-state index in [1.165, 1.54) is 0 Å². The topological polar surface area (TPSA) is 49.6 Å². The normalized spacial score (nSPS) is 10.4. The molecular weight excluding hydrogens is 330 g/mol. The average Bonchev–Trinajstić information content (AvgIpc) is 2.74. The highest BCUT2D eigenvalue weighted by atomic mass is 14.9. The Balaban J connectivity index is 1.76. The third-order valence-corrected chi connectivity index (χ3v) is 4.41. The monoisotopic (exact) mass is 347 g/mol. The van der Waals surface area contributed by atoms with E-state index < -0.39 is 0 Å². The van der Waals surface area contributed by atoms with Crippen LogP contribution >= 0.6 is 0 Å². The standard InChI is InChI=1S/C24H17N3/c1-17-26-23(20-6-3-2-4-7-20)15-24(27-17)22-9-5-8-21(14-22)19-12-10-18(16-25)11-13-19/h2-15H,1H3. The Labute approximate surface area is 158 Å². The summed E-state index contributed by atoms with van der Waals surface area (Å²) in [6, 6.07) is 30.2. The van der Waals surface area contributed by atoms with Gasteiger partial charge in [-0.3, -0.25) is 0 Å². The highest BCUT2D eigenvalue weighted by Gasteiger charge is 2.08. The molecule has 0 N–H and O–H groups in total. The Bertz CT molecular complexity index is 1120. The molecule has 27 heavy (non-hydrogen) atoms. The van der Waals surface area contributed by atoms with Gasteiger partial charge in [0.15, 0.2) is 0 Å². The van der Waals surface area contributed by atoms with Crippen molar-refractivity contribution in [2.24, 2.45) is 0 Å². The van der Waals surface area contributed by atoms with Crippen molar-refractivity contribution < 1.29 is 0 Å². The molecule has 128 valence electrons. The lowest BCUT2D eigenvalue weighted by Crippen LogP contribution is -1.94. The molecule has 1 aromatic heterocycles. The quantitative estimate of drug-likeness (QED) is 0.480. The number of aryl methyl sites for hydroxylation is 1. The van der Waals surface area contributed by atoms with Gasteiger partial charge >= 0.3 is 0 Å². The van der Waals surface area contributed by atoms with Crippen LogP contribution in [0.4, 0.5) is 0 Å². The zero-order valence-corrected chi connectivity index (χ0v) is 14.9. The van der Waals surface area contributed by atoms with Gasteiger partial charge in [-0.1, -0.05) is 60.7 Å². The maximum absolute atomic E-state index is 8.97. The SMILES string of the molecule is Cc1nc(-c2ccccc2)cc(-c2cccc(-c3ccc(C#N)cc3)c2)n1. The van der Waals surface area contributed by atoms with E-state index in [1.54, 1.807) is 0 Å². The Morgan fingerprint density at radius 2 is 1.26 bits per heavy atom. The van der Waals surface area contributed by atoms with Crippen LogP contribution in [0.25, 0.3) is 33.6 Å². The minimum absolute atomic E-state index is 0.661. The Morgan fingerprint density at radius 1 is 0.630 bits per heavy atom. The van der Waals surface area contributed by atoms with Crippen molar-refractivity contribution in [3.8, 4) is 39.7 Å². The van der Waals surface area contributed by atoms with Crippen molar-refractivity contribution >= 4 is 0 Å². The van der Waals surface area contributed by atoms with Crippen LogP contribution in [-0.4, -0.2) is 9.97 Å². The summed E-state index contributed by atoms with van der Waals surface area (Å²) in [6.45, 7) is 1.92. The predicted molar refractivity (Wildman–Crippen MR) is 108 cm³/mol. The fourth-order valence-electron chi connectivity index (χ4n) is 3.07. The molecule has 3 heteroatoms. The van der Waals surface area contributed by atoms with Crippen LogP contribution < -0.4 is 0 Å². The molecule has 0 radical (unpaired) electrons. The number of nitriles is 1. The first-order valence-corrected chi connectivity index (χ1v) is 8.75. The summed E-state index contributed by atoms with van der Waals surface area (Å²) in [5, 5.41) is 8.97. The fourth-order valence-corrected chi connectivity index (χ4v) is 3.07. The molecule has 0 unspecified atom stereocenters. The highest BCUT2D eigenvalue weighted by molar-refractivity contribution is 5.74. The molecule has 0 amide bonds. The molecule has 0 saturated carbocycles. The van der Waals surface area contributed by atoms with Gasteiger partial charge in [-0.05, 0) is 42.3 Å². The second-order valence-corrected chi connectivity index (χ2v) is 6.32. The van der Waals surface area contributed by atoms with Gasteiger partial charge in [0.2, 0.25) is 0 Å². The molecule has 0 spiro atoms. The molecule has 0 aliphatic carbocycles. The summed E-state index contributed by atoms with van der Waals surface area (Å²) in [6.07, 6.45) is 0. The van der Waals surface area contributed by atoms with Gasteiger partial charge in [-0.2, -0.15) is 5.26 Å². The molecule has 0 aliphatic heterocycles. The number of benzene rings is 3. The maximum atomic E-state index is 8.97. The second kappa shape index (κ2) is 7.23. The van der Waals surface area contributed by atoms with Gasteiger partial charge in [0.25, 0.3) is 0 Å². The van der Waals surface area contributed by atoms with Gasteiger partial charge in [-0.15, -0.1) is 0 Å². The maximum Gasteiger partial charge on any atom is 0.126 e. The van der Waals surface area contributed by atoms with E-state index in [0.717, 1.165) is 39.5 Å². The average molecular weight is 347 g/mol. The molecule has 0 saturated heterocycles. The van der Waals surface area contributed by atoms with E-state index in [4.69, 9.17) is 5.26 Å². The van der Waals surface area contributed by atoms with Crippen LogP contribution in [-0.2, 0) is 0 Å². The van der Waals surface area contributed by atoms with E-state index in [1.807, 2.05) is 61.5 Å². The zero-order valence-electron chi connectivity index (χ0n) is 14.9. The summed E-state index contributed by atoms with van der Waals surface area (Å²) in [5.74, 6) is 0.745. The summed E-state index contributed by atoms with van der Waals surface area (Å²) in [4.78, 5) is 9.23. The number of rotatable bonds is 3. The number of hydrogen-bond acceptors (Lipinski definition) is 3. The van der Waals surface area contributed by atoms with E-state index in [-0.39, 0.29) is 0 Å². The van der Waals surface area contributed by atoms with E-state index >= 15 is 0 Å². The minimum atomic E-state index is 0.661. The van der Waals surface area contributed by atoms with Crippen molar-refractivity contribution in [3.05, 3.63) is 96.3 Å². The first-order valence-electron chi connectivity index (χ1n) is 8.75. The third kappa shape index (κ3) is 3.61. The van der Waals surface area contributed by atoms with E-state index in [9.17, 15) is 0 Å². The lowest BCUT2D eigenvalue weighted by atomic mass is 10.00. The number of nitrogens with zero attached hydrogens (tertiary/aromatic N) is 3. The van der Waals surface area contributed by atoms with Crippen molar-refractivity contribution in [1.29, 1.82) is 5.26 Å². The van der Waals surface area contributed by atoms with Crippen LogP contribution in [0.2, 0.25) is 0 Å². The Kier molecular flexibility index (Phi) is 4.47. The first-order chi connectivity index (χ1) is 13.2. The molecule has 4 rings (SSSR count). The van der Waals surface area contributed by atoms with Gasteiger partial charge < -0.3 is 0 Å². The van der Waals surface area contributed by atoms with Crippen molar-refractivity contribution in [2.45, 2.75) is 6.92 Å². The van der Waals surface area contributed by atoms with Crippen LogP contribution in [0.15, 0.2) is 84.9 Å². The molecule has 4 aromatic rings. The zero-order chi connectivity index (χ0) is 18.6. The van der Waals surface area contributed by atoms with Crippen molar-refractivity contribution in [1.82, 2.24) is 9.97 Å². The largest absolute Gasteiger partial charge is 0.233 e. The predicted octanol–water partition coefficient (Wildman–Crippen LogP) is 5.66. The van der Waals surface area contributed by atoms with Crippen LogP contribution in [0.5, 0.6) is 0 Å². The molecule has 3 aromatic carbocycles. The van der Waals surface area contributed by atoms with Crippen LogP contribution in [0.1, 0.15) is 11.4 Å². The second-order valence-electron chi connectivity index (χ2n) is 6.32. The first kappa shape index (κ1) is 16.7. The Hall–Kier alpha value is -3.77. The molecular formula is C24H17N3. The van der Waals surface area contributed by atoms with Gasteiger partial charge in [0.1, 0.15) is 5.82 Å². The molecule has 0 bridgehead atoms. The molecule has 3 nitrogen and oxygen atoms in total. The van der Waals surface area contributed by atoms with Gasteiger partial charge in [-0.25, -0.2) is 9.97 Å². The summed E-state index contributed by atoms with van der Waals surface area (Å²) in [5.41, 5.74) is 6.76. The summed E-state index contributed by atoms with van der Waals surface area (Å²) in [7, 11) is 0. The summed E-state index contributed by atoms with van der Waals surface area (Å²) < 4.78 is 0. The smallest absolute Gasteiger partial charge is 0.126 e. The van der Waals surface area contributed by atoms with Crippen molar-refractivity contribution in [2.75, 3.05) is 0 Å². The Morgan fingerprint density at radius 3 is 1.96 bits per heavy atom. The van der Waals surface area contributed by atoms with E-state index in [0.29, 0.717) is 5.56 Å². The molecule has 0 atom stereocenters. The lowest BCUT2D eigenvalue weighted by Gasteiger charge is -2.09. The fraction of sp³-hybridized carbons (Fsp3) is 0.0417. The molecule has 1 heterocycles. The van der Waals surface area contributed by atoms with Crippen LogP contribution in [0, 0.1) is 18.3 Å². The molecule has 0 fully saturated rings. The number of aromatic nitrogens is 2. The highest BCUT2D eigenvalue weighted by Crippen LogP contribution is 2.28. The van der Waals surface area contributed by atoms with Crippen LogP contribution in [0.3, 0.4) is 0 Å². The minimum Gasteiger partial charge on any atom is -0.233 e. The molecule has 0 aliphatic rings. The number of hydrogen-bond donors (Lipinski definition) is 0. The van der Waals surface area contributed by atoms with E-state index in [2.05, 4.69) is 46.4 Å². The third-order valence-electron chi connectivity index (χ3n) is 4.41. The lowest BCUT2D eigenvalue weighted by molar-refractivity contribution is 1.06.